The van der Waals surface area contributed by atoms with Gasteiger partial charge >= 0.3 is 0 Å². The first-order chi connectivity index (χ1) is 8.30. The molecule has 0 bridgehead atoms. The summed E-state index contributed by atoms with van der Waals surface area (Å²) in [6.07, 6.45) is 0. The molecule has 0 atom stereocenters. The van der Waals surface area contributed by atoms with Gasteiger partial charge in [0.25, 0.3) is 0 Å². The number of rotatable bonds is 4. The highest BCUT2D eigenvalue weighted by Gasteiger charge is 2.22. The molecule has 0 aliphatic rings. The normalized spacial score (nSPS) is 10.9. The number of ether oxygens (including phenoxy) is 1. The lowest BCUT2D eigenvalue weighted by Crippen LogP contribution is -2.31. The van der Waals surface area contributed by atoms with Gasteiger partial charge in [0.1, 0.15) is 5.75 Å². The minimum absolute atomic E-state index is 0.378. The molecule has 18 heavy (non-hydrogen) atoms. The summed E-state index contributed by atoms with van der Waals surface area (Å²) < 4.78 is 5.45. The van der Waals surface area contributed by atoms with Crippen LogP contribution in [0.15, 0.2) is 12.1 Å². The molecule has 98 valence electrons. The molecule has 0 aliphatic heterocycles. The van der Waals surface area contributed by atoms with Crippen molar-refractivity contribution < 1.29 is 4.74 Å². The molecule has 0 heterocycles. The molecule has 0 spiro atoms. The van der Waals surface area contributed by atoms with Gasteiger partial charge in [-0.2, -0.15) is 5.26 Å². The molecule has 0 unspecified atom stereocenters. The molecule has 1 rings (SSSR count). The lowest BCUT2D eigenvalue weighted by atomic mass is 9.94. The summed E-state index contributed by atoms with van der Waals surface area (Å²) in [5.74, 6) is 0.865. The highest BCUT2D eigenvalue weighted by molar-refractivity contribution is 5.64. The fourth-order valence-electron chi connectivity index (χ4n) is 2.27. The molecule has 0 radical (unpaired) electrons. The number of nitrogens with zero attached hydrogens (tertiary/aromatic N) is 2. The maximum absolute atomic E-state index is 9.12. The van der Waals surface area contributed by atoms with E-state index < -0.39 is 0 Å². The number of methoxy groups -OCH3 is 1. The quantitative estimate of drug-likeness (QED) is 0.818. The molecular weight excluding hydrogens is 224 g/mol. The van der Waals surface area contributed by atoms with Gasteiger partial charge in [-0.05, 0) is 44.9 Å². The number of anilines is 1. The van der Waals surface area contributed by atoms with Crippen LogP contribution in [-0.4, -0.2) is 20.7 Å². The van der Waals surface area contributed by atoms with Crippen LogP contribution in [0.5, 0.6) is 5.75 Å². The Morgan fingerprint density at radius 1 is 1.33 bits per heavy atom. The number of benzene rings is 1. The van der Waals surface area contributed by atoms with Crippen LogP contribution in [-0.2, 0) is 0 Å². The monoisotopic (exact) mass is 246 g/mol. The second kappa shape index (κ2) is 5.30. The average molecular weight is 246 g/mol. The molecule has 0 saturated carbocycles. The maximum atomic E-state index is 9.12. The Kier molecular flexibility index (Phi) is 4.24. The zero-order chi connectivity index (χ0) is 13.9. The van der Waals surface area contributed by atoms with Crippen molar-refractivity contribution in [2.75, 3.05) is 25.6 Å². The Bertz CT molecular complexity index is 472. The molecule has 0 aliphatic carbocycles. The minimum Gasteiger partial charge on any atom is -0.495 e. The van der Waals surface area contributed by atoms with Gasteiger partial charge in [0.05, 0.1) is 24.3 Å². The first-order valence-electron chi connectivity index (χ1n) is 6.08. The van der Waals surface area contributed by atoms with Gasteiger partial charge in [0, 0.05) is 13.6 Å². The first-order valence-corrected chi connectivity index (χ1v) is 6.08. The lowest BCUT2D eigenvalue weighted by Gasteiger charge is -2.29. The van der Waals surface area contributed by atoms with Crippen LogP contribution in [0, 0.1) is 30.6 Å². The van der Waals surface area contributed by atoms with Crippen LogP contribution >= 0.6 is 0 Å². The van der Waals surface area contributed by atoms with E-state index in [4.69, 9.17) is 10.00 Å². The third kappa shape index (κ3) is 3.16. The summed E-state index contributed by atoms with van der Waals surface area (Å²) >= 11 is 0. The van der Waals surface area contributed by atoms with Crippen LogP contribution in [0.1, 0.15) is 25.0 Å². The zero-order valence-electron chi connectivity index (χ0n) is 12.2. The third-order valence-electron chi connectivity index (χ3n) is 2.95. The van der Waals surface area contributed by atoms with Crippen molar-refractivity contribution in [3.63, 3.8) is 0 Å². The van der Waals surface area contributed by atoms with Gasteiger partial charge < -0.3 is 9.64 Å². The standard InChI is InChI=1S/C15H22N2O/c1-11-7-12(2)14(13(8-11)18-6)17(5)10-15(3,4)9-16/h7-8H,10H2,1-6H3. The molecule has 0 aromatic heterocycles. The zero-order valence-corrected chi connectivity index (χ0v) is 12.2. The Labute approximate surface area is 110 Å². The Morgan fingerprint density at radius 3 is 2.44 bits per heavy atom. The molecule has 3 heteroatoms. The molecule has 3 nitrogen and oxygen atoms in total. The van der Waals surface area contributed by atoms with Crippen molar-refractivity contribution >= 4 is 5.69 Å². The van der Waals surface area contributed by atoms with E-state index in [1.165, 1.54) is 11.1 Å². The molecule has 1 aromatic carbocycles. The predicted molar refractivity (Wildman–Crippen MR) is 75.1 cm³/mol. The first kappa shape index (κ1) is 14.4. The molecule has 0 saturated heterocycles. The Balaban J connectivity index is 3.13. The Hall–Kier alpha value is -1.69. The largest absolute Gasteiger partial charge is 0.495 e. The summed E-state index contributed by atoms with van der Waals surface area (Å²) in [6.45, 7) is 8.68. The van der Waals surface area contributed by atoms with Gasteiger partial charge in [0.15, 0.2) is 0 Å². The van der Waals surface area contributed by atoms with Crippen molar-refractivity contribution in [1.29, 1.82) is 5.26 Å². The third-order valence-corrected chi connectivity index (χ3v) is 2.95. The summed E-state index contributed by atoms with van der Waals surface area (Å²) in [5.41, 5.74) is 3.03. The fourth-order valence-corrected chi connectivity index (χ4v) is 2.27. The summed E-state index contributed by atoms with van der Waals surface area (Å²) in [6, 6.07) is 6.49. The number of hydrogen-bond donors (Lipinski definition) is 0. The number of aryl methyl sites for hydroxylation is 2. The van der Waals surface area contributed by atoms with Gasteiger partial charge in [-0.15, -0.1) is 0 Å². The van der Waals surface area contributed by atoms with E-state index in [1.54, 1.807) is 7.11 Å². The predicted octanol–water partition coefficient (Wildman–Crippen LogP) is 3.30. The summed E-state index contributed by atoms with van der Waals surface area (Å²) in [5, 5.41) is 9.12. The Morgan fingerprint density at radius 2 is 1.94 bits per heavy atom. The van der Waals surface area contributed by atoms with Crippen molar-refractivity contribution in [2.45, 2.75) is 27.7 Å². The maximum Gasteiger partial charge on any atom is 0.142 e. The van der Waals surface area contributed by atoms with Crippen molar-refractivity contribution in [1.82, 2.24) is 0 Å². The van der Waals surface area contributed by atoms with Crippen LogP contribution in [0.3, 0.4) is 0 Å². The number of hydrogen-bond acceptors (Lipinski definition) is 3. The molecular formula is C15H22N2O. The fraction of sp³-hybridized carbons (Fsp3) is 0.533. The smallest absolute Gasteiger partial charge is 0.142 e. The highest BCUT2D eigenvalue weighted by Crippen LogP contribution is 2.34. The molecule has 0 amide bonds. The SMILES string of the molecule is COc1cc(C)cc(C)c1N(C)CC(C)(C)C#N. The van der Waals surface area contributed by atoms with Crippen LogP contribution < -0.4 is 9.64 Å². The lowest BCUT2D eigenvalue weighted by molar-refractivity contribution is 0.411. The van der Waals surface area contributed by atoms with Gasteiger partial charge in [-0.1, -0.05) is 6.07 Å². The molecule has 0 N–H and O–H groups in total. The number of nitriles is 1. The molecule has 0 fully saturated rings. The van der Waals surface area contributed by atoms with Crippen molar-refractivity contribution in [2.24, 2.45) is 5.41 Å². The van der Waals surface area contributed by atoms with E-state index >= 15 is 0 Å². The summed E-state index contributed by atoms with van der Waals surface area (Å²) in [7, 11) is 3.68. The average Bonchev–Trinajstić information content (AvgIpc) is 2.26. The van der Waals surface area contributed by atoms with Crippen LogP contribution in [0.4, 0.5) is 5.69 Å². The van der Waals surface area contributed by atoms with E-state index in [1.807, 2.05) is 27.0 Å². The summed E-state index contributed by atoms with van der Waals surface area (Å²) in [4.78, 5) is 2.09. The second-order valence-electron chi connectivity index (χ2n) is 5.48. The van der Waals surface area contributed by atoms with E-state index in [0.29, 0.717) is 6.54 Å². The highest BCUT2D eigenvalue weighted by atomic mass is 16.5. The van der Waals surface area contributed by atoms with E-state index in [9.17, 15) is 0 Å². The van der Waals surface area contributed by atoms with Crippen LogP contribution in [0.2, 0.25) is 0 Å². The van der Waals surface area contributed by atoms with Gasteiger partial charge in [-0.25, -0.2) is 0 Å². The van der Waals surface area contributed by atoms with Crippen molar-refractivity contribution in [3.8, 4) is 11.8 Å². The minimum atomic E-state index is -0.378. The van der Waals surface area contributed by atoms with E-state index in [-0.39, 0.29) is 5.41 Å². The topological polar surface area (TPSA) is 36.3 Å². The molecule has 1 aromatic rings. The van der Waals surface area contributed by atoms with E-state index in [2.05, 4.69) is 30.9 Å². The van der Waals surface area contributed by atoms with Gasteiger partial charge in [-0.3, -0.25) is 0 Å². The van der Waals surface area contributed by atoms with Crippen molar-refractivity contribution in [3.05, 3.63) is 23.3 Å². The second-order valence-corrected chi connectivity index (χ2v) is 5.48. The van der Waals surface area contributed by atoms with Gasteiger partial charge in [0.2, 0.25) is 0 Å². The van der Waals surface area contributed by atoms with Crippen LogP contribution in [0.25, 0.3) is 0 Å². The van der Waals surface area contributed by atoms with E-state index in [0.717, 1.165) is 11.4 Å².